The summed E-state index contributed by atoms with van der Waals surface area (Å²) in [5, 5.41) is 6.30. The van der Waals surface area contributed by atoms with Gasteiger partial charge in [-0.05, 0) is 36.8 Å². The number of nitrogens with zero attached hydrogens (tertiary/aromatic N) is 1. The fraction of sp³-hybridized carbons (Fsp3) is 0.0435. The Kier molecular flexibility index (Phi) is 5.55. The summed E-state index contributed by atoms with van der Waals surface area (Å²) in [4.78, 5) is 12.5. The minimum atomic E-state index is -3.87. The summed E-state index contributed by atoms with van der Waals surface area (Å²) in [6, 6.07) is 22.6. The van der Waals surface area contributed by atoms with Crippen molar-refractivity contribution in [1.82, 2.24) is 5.16 Å². The first-order valence-corrected chi connectivity index (χ1v) is 10.9. The van der Waals surface area contributed by atoms with E-state index < -0.39 is 15.9 Å². The number of anilines is 2. The van der Waals surface area contributed by atoms with Crippen LogP contribution < -0.4 is 10.0 Å². The van der Waals surface area contributed by atoms with Crippen LogP contribution >= 0.6 is 0 Å². The number of hydrogen-bond donors (Lipinski definition) is 2. The van der Waals surface area contributed by atoms with Gasteiger partial charge in [0.15, 0.2) is 0 Å². The Bertz CT molecular complexity index is 1330. The monoisotopic (exact) mass is 433 g/mol. The van der Waals surface area contributed by atoms with Crippen molar-refractivity contribution in [1.29, 1.82) is 0 Å². The molecule has 1 aromatic heterocycles. The van der Waals surface area contributed by atoms with E-state index in [0.29, 0.717) is 28.3 Å². The normalized spacial score (nSPS) is 11.1. The van der Waals surface area contributed by atoms with Crippen LogP contribution in [0.4, 0.5) is 11.4 Å². The van der Waals surface area contributed by atoms with Crippen LogP contribution in [0.2, 0.25) is 0 Å². The van der Waals surface area contributed by atoms with Crippen molar-refractivity contribution in [3.8, 4) is 11.1 Å². The van der Waals surface area contributed by atoms with Gasteiger partial charge in [-0.25, -0.2) is 8.42 Å². The lowest BCUT2D eigenvalue weighted by atomic mass is 10.1. The third-order valence-corrected chi connectivity index (χ3v) is 6.07. The van der Waals surface area contributed by atoms with Gasteiger partial charge < -0.3 is 9.84 Å². The fourth-order valence-corrected chi connectivity index (χ4v) is 4.42. The van der Waals surface area contributed by atoms with Crippen LogP contribution in [0.25, 0.3) is 11.1 Å². The van der Waals surface area contributed by atoms with Gasteiger partial charge in [0.25, 0.3) is 15.9 Å². The summed E-state index contributed by atoms with van der Waals surface area (Å²) in [5.74, 6) is 0.0000525. The summed E-state index contributed by atoms with van der Waals surface area (Å²) in [7, 11) is -3.87. The highest BCUT2D eigenvalue weighted by atomic mass is 32.2. The van der Waals surface area contributed by atoms with Gasteiger partial charge in [-0.2, -0.15) is 0 Å². The van der Waals surface area contributed by atoms with Crippen molar-refractivity contribution in [2.24, 2.45) is 0 Å². The van der Waals surface area contributed by atoms with Gasteiger partial charge >= 0.3 is 0 Å². The molecule has 0 saturated heterocycles. The van der Waals surface area contributed by atoms with Crippen LogP contribution in [0.1, 0.15) is 16.1 Å². The summed E-state index contributed by atoms with van der Waals surface area (Å²) in [6.45, 7) is 1.64. The smallest absolute Gasteiger partial charge is 0.262 e. The van der Waals surface area contributed by atoms with E-state index in [1.165, 1.54) is 6.20 Å². The number of amides is 1. The first kappa shape index (κ1) is 20.4. The SMILES string of the molecule is Cc1oncc1C(=O)Nc1cccc(NS(=O)(=O)c2ccccc2-c2ccccc2)c1. The van der Waals surface area contributed by atoms with Crippen molar-refractivity contribution in [3.05, 3.63) is 96.4 Å². The molecule has 8 heteroatoms. The molecular formula is C23H19N3O4S. The highest BCUT2D eigenvalue weighted by molar-refractivity contribution is 7.92. The van der Waals surface area contributed by atoms with E-state index >= 15 is 0 Å². The minimum absolute atomic E-state index is 0.163. The molecular weight excluding hydrogens is 414 g/mol. The second-order valence-corrected chi connectivity index (χ2v) is 8.45. The summed E-state index contributed by atoms with van der Waals surface area (Å²) >= 11 is 0. The van der Waals surface area contributed by atoms with Crippen molar-refractivity contribution in [2.75, 3.05) is 10.0 Å². The Morgan fingerprint density at radius 2 is 1.61 bits per heavy atom. The quantitative estimate of drug-likeness (QED) is 0.459. The van der Waals surface area contributed by atoms with E-state index in [2.05, 4.69) is 15.2 Å². The standard InChI is InChI=1S/C23H19N3O4S/c1-16-21(15-24-30-16)23(27)25-18-10-7-11-19(14-18)26-31(28,29)22-13-6-5-12-20(22)17-8-3-2-4-9-17/h2-15,26H,1H3,(H,25,27). The molecule has 0 aliphatic rings. The van der Waals surface area contributed by atoms with Crippen LogP contribution in [0.3, 0.4) is 0 Å². The number of aryl methyl sites for hydroxylation is 1. The number of sulfonamides is 1. The lowest BCUT2D eigenvalue weighted by molar-refractivity contribution is 0.102. The van der Waals surface area contributed by atoms with E-state index in [0.717, 1.165) is 5.56 Å². The zero-order valence-corrected chi connectivity index (χ0v) is 17.4. The molecule has 0 radical (unpaired) electrons. The molecule has 0 aliphatic heterocycles. The summed E-state index contributed by atoms with van der Waals surface area (Å²) in [5.41, 5.74) is 2.46. The van der Waals surface area contributed by atoms with Crippen LogP contribution in [0.15, 0.2) is 94.5 Å². The van der Waals surface area contributed by atoms with Gasteiger partial charge in [-0.3, -0.25) is 9.52 Å². The van der Waals surface area contributed by atoms with Crippen LogP contribution in [-0.2, 0) is 10.0 Å². The maximum atomic E-state index is 13.1. The zero-order chi connectivity index (χ0) is 21.8. The number of rotatable bonds is 6. The number of carbonyl (C=O) groups excluding carboxylic acids is 1. The Morgan fingerprint density at radius 1 is 0.903 bits per heavy atom. The number of hydrogen-bond acceptors (Lipinski definition) is 5. The first-order chi connectivity index (χ1) is 14.9. The van der Waals surface area contributed by atoms with E-state index in [1.807, 2.05) is 30.3 Å². The van der Waals surface area contributed by atoms with Crippen LogP contribution in [0, 0.1) is 6.92 Å². The average molecular weight is 433 g/mol. The molecule has 0 unspecified atom stereocenters. The van der Waals surface area contributed by atoms with Crippen molar-refractivity contribution in [3.63, 3.8) is 0 Å². The lowest BCUT2D eigenvalue weighted by Crippen LogP contribution is -2.15. The molecule has 0 atom stereocenters. The molecule has 2 N–H and O–H groups in total. The summed E-state index contributed by atoms with van der Waals surface area (Å²) < 4.78 is 33.8. The van der Waals surface area contributed by atoms with Gasteiger partial charge in [0.05, 0.1) is 16.8 Å². The predicted molar refractivity (Wildman–Crippen MR) is 118 cm³/mol. The summed E-state index contributed by atoms with van der Waals surface area (Å²) in [6.07, 6.45) is 1.33. The van der Waals surface area contributed by atoms with Crippen molar-refractivity contribution < 1.29 is 17.7 Å². The van der Waals surface area contributed by atoms with Gasteiger partial charge in [-0.1, -0.05) is 59.8 Å². The Labute approximate surface area is 179 Å². The number of benzene rings is 3. The number of carbonyl (C=O) groups is 1. The van der Waals surface area contributed by atoms with Gasteiger partial charge in [0, 0.05) is 11.3 Å². The molecule has 1 heterocycles. The largest absolute Gasteiger partial charge is 0.361 e. The lowest BCUT2D eigenvalue weighted by Gasteiger charge is -2.13. The Balaban J connectivity index is 1.60. The first-order valence-electron chi connectivity index (χ1n) is 9.44. The molecule has 0 bridgehead atoms. The highest BCUT2D eigenvalue weighted by Crippen LogP contribution is 2.29. The third kappa shape index (κ3) is 4.49. The van der Waals surface area contributed by atoms with Crippen molar-refractivity contribution in [2.45, 2.75) is 11.8 Å². The molecule has 0 saturated carbocycles. The average Bonchev–Trinajstić information content (AvgIpc) is 3.20. The van der Waals surface area contributed by atoms with E-state index in [-0.39, 0.29) is 4.90 Å². The zero-order valence-electron chi connectivity index (χ0n) is 16.6. The molecule has 3 aromatic carbocycles. The highest BCUT2D eigenvalue weighted by Gasteiger charge is 2.20. The van der Waals surface area contributed by atoms with Gasteiger partial charge in [0.2, 0.25) is 0 Å². The van der Waals surface area contributed by atoms with Crippen LogP contribution in [-0.4, -0.2) is 19.5 Å². The van der Waals surface area contributed by atoms with Gasteiger partial charge in [-0.15, -0.1) is 0 Å². The molecule has 0 fully saturated rings. The predicted octanol–water partition coefficient (Wildman–Crippen LogP) is 4.70. The molecule has 1 amide bonds. The molecule has 7 nitrogen and oxygen atoms in total. The molecule has 4 rings (SSSR count). The number of nitrogens with one attached hydrogen (secondary N) is 2. The van der Waals surface area contributed by atoms with E-state index in [9.17, 15) is 13.2 Å². The maximum absolute atomic E-state index is 13.1. The fourth-order valence-electron chi connectivity index (χ4n) is 3.14. The topological polar surface area (TPSA) is 101 Å². The Morgan fingerprint density at radius 3 is 2.35 bits per heavy atom. The second-order valence-electron chi connectivity index (χ2n) is 6.80. The maximum Gasteiger partial charge on any atom is 0.262 e. The molecule has 156 valence electrons. The molecule has 0 spiro atoms. The second kappa shape index (κ2) is 8.45. The molecule has 31 heavy (non-hydrogen) atoms. The Hall–Kier alpha value is -3.91. The molecule has 0 aliphatic carbocycles. The van der Waals surface area contributed by atoms with Gasteiger partial charge in [0.1, 0.15) is 11.3 Å². The third-order valence-electron chi connectivity index (χ3n) is 4.63. The van der Waals surface area contributed by atoms with E-state index in [4.69, 9.17) is 4.52 Å². The number of aromatic nitrogens is 1. The minimum Gasteiger partial charge on any atom is -0.361 e. The van der Waals surface area contributed by atoms with Crippen LogP contribution in [0.5, 0.6) is 0 Å². The van der Waals surface area contributed by atoms with E-state index in [1.54, 1.807) is 55.5 Å². The van der Waals surface area contributed by atoms with Crippen molar-refractivity contribution >= 4 is 27.3 Å². The molecule has 4 aromatic rings.